The summed E-state index contributed by atoms with van der Waals surface area (Å²) in [5, 5.41) is 3.28. The zero-order chi connectivity index (χ0) is 59.4. The largest absolute Gasteiger partial charge is 0.252 e. The van der Waals surface area contributed by atoms with E-state index in [0.29, 0.717) is 11.8 Å². The molecule has 0 saturated carbocycles. The standard InChI is InChI=1S/C70H76N6S10Si/c1-7-13-17-19-23-45-25-27-51(77-45)53-33-35-57(81-53)55-31-29-49(79-55)47-39-71-65(67-63(47)73-85-75-67)59-37-61-69(83-59)70-62(87(61,41-43(11-5)21-15-9-3)42-44(12-6)22-16-10-4)38-60(84-70)66-68-64(74-86-76-68)48(40-72-66)50-30-32-56(80-50)58-36-34-54(82-58)52-28-26-46(78-52)24-20-18-14-8-2/h25-40,43-44H,7-24,41-42H2,1-6H3. The summed E-state index contributed by atoms with van der Waals surface area (Å²) in [6.45, 7) is 14.2. The van der Waals surface area contributed by atoms with E-state index in [1.807, 2.05) is 90.7 Å². The smallest absolute Gasteiger partial charge is 0.132 e. The normalized spacial score (nSPS) is 13.6. The minimum atomic E-state index is -2.40. The van der Waals surface area contributed by atoms with Crippen molar-refractivity contribution < 1.29 is 0 Å². The molecule has 0 fully saturated rings. The molecule has 0 N–H and O–H groups in total. The van der Waals surface area contributed by atoms with Gasteiger partial charge in [-0.3, -0.25) is 9.97 Å². The molecular formula is C70H76N6S10Si. The molecule has 13 heterocycles. The lowest BCUT2D eigenvalue weighted by Gasteiger charge is -2.35. The summed E-state index contributed by atoms with van der Waals surface area (Å²) < 4.78 is 20.3. The molecule has 6 nitrogen and oxygen atoms in total. The molecule has 450 valence electrons. The van der Waals surface area contributed by atoms with E-state index in [4.69, 9.17) is 27.5 Å². The predicted octanol–water partition coefficient (Wildman–Crippen LogP) is 24.5. The summed E-state index contributed by atoms with van der Waals surface area (Å²) >= 11 is 17.9. The van der Waals surface area contributed by atoms with Crippen LogP contribution in [0.25, 0.3) is 113 Å². The summed E-state index contributed by atoms with van der Waals surface area (Å²) in [7, 11) is -2.40. The van der Waals surface area contributed by atoms with Gasteiger partial charge in [-0.25, -0.2) is 0 Å². The summed E-state index contributed by atoms with van der Waals surface area (Å²) in [6, 6.07) is 35.5. The number of pyridine rings is 2. The Morgan fingerprint density at radius 3 is 1.10 bits per heavy atom. The average molecular weight is 1350 g/mol. The third-order valence-corrected chi connectivity index (χ3v) is 34.7. The number of hydrogen-bond donors (Lipinski definition) is 0. The zero-order valence-electron chi connectivity index (χ0n) is 50.8. The third kappa shape index (κ3) is 12.8. The Kier molecular flexibility index (Phi) is 19.9. The van der Waals surface area contributed by atoms with Gasteiger partial charge >= 0.3 is 0 Å². The Hall–Kier alpha value is -4.24. The van der Waals surface area contributed by atoms with Crippen LogP contribution in [0.4, 0.5) is 0 Å². The Labute approximate surface area is 555 Å². The van der Waals surface area contributed by atoms with Crippen molar-refractivity contribution in [1.29, 1.82) is 0 Å². The minimum Gasteiger partial charge on any atom is -0.252 e. The first-order valence-corrected chi connectivity index (χ1v) is 42.3. The molecular weight excluding hydrogens is 1270 g/mol. The molecule has 2 atom stereocenters. The fraction of sp³-hybridized carbons (Fsp3) is 0.400. The molecule has 0 radical (unpaired) electrons. The first kappa shape index (κ1) is 61.6. The highest BCUT2D eigenvalue weighted by Crippen LogP contribution is 2.52. The maximum Gasteiger partial charge on any atom is 0.132 e. The summed E-state index contributed by atoms with van der Waals surface area (Å²) in [5.74, 6) is 1.33. The maximum atomic E-state index is 5.42. The van der Waals surface area contributed by atoms with Crippen molar-refractivity contribution in [2.45, 2.75) is 169 Å². The van der Waals surface area contributed by atoms with Gasteiger partial charge in [-0.1, -0.05) is 131 Å². The van der Waals surface area contributed by atoms with Gasteiger partial charge in [0, 0.05) is 91.8 Å². The van der Waals surface area contributed by atoms with Crippen LogP contribution in [0.15, 0.2) is 97.3 Å². The first-order valence-electron chi connectivity index (χ1n) is 31.9. The van der Waals surface area contributed by atoms with Crippen LogP contribution in [0.1, 0.15) is 154 Å². The maximum absolute atomic E-state index is 5.42. The molecule has 0 amide bonds. The van der Waals surface area contributed by atoms with Gasteiger partial charge in [-0.15, -0.1) is 90.7 Å². The third-order valence-electron chi connectivity index (χ3n) is 17.9. The van der Waals surface area contributed by atoms with E-state index in [-0.39, 0.29) is 0 Å². The van der Waals surface area contributed by atoms with Crippen LogP contribution in [0.5, 0.6) is 0 Å². The second-order valence-electron chi connectivity index (χ2n) is 23.8. The van der Waals surface area contributed by atoms with Gasteiger partial charge in [0.1, 0.15) is 41.5 Å². The molecule has 1 aliphatic heterocycles. The van der Waals surface area contributed by atoms with Crippen molar-refractivity contribution in [3.8, 4) is 90.8 Å². The van der Waals surface area contributed by atoms with Crippen LogP contribution >= 0.6 is 114 Å². The van der Waals surface area contributed by atoms with Gasteiger partial charge in [0.2, 0.25) is 0 Å². The molecule has 2 unspecified atom stereocenters. The Balaban J connectivity index is 0.830. The molecule has 0 spiro atoms. The van der Waals surface area contributed by atoms with Crippen LogP contribution in [0, 0.1) is 11.8 Å². The van der Waals surface area contributed by atoms with Crippen LogP contribution in [-0.4, -0.2) is 35.5 Å². The van der Waals surface area contributed by atoms with Crippen LogP contribution in [0.3, 0.4) is 0 Å². The Morgan fingerprint density at radius 1 is 0.356 bits per heavy atom. The number of thiophene rings is 8. The number of fused-ring (bicyclic) bond motifs is 5. The van der Waals surface area contributed by atoms with E-state index in [2.05, 4.69) is 139 Å². The highest BCUT2D eigenvalue weighted by molar-refractivity contribution is 7.32. The molecule has 13 rings (SSSR count). The predicted molar refractivity (Wildman–Crippen MR) is 393 cm³/mol. The molecule has 0 aliphatic carbocycles. The SMILES string of the molecule is CCCCCCc1ccc(-c2ccc(-c3ccc(-c4cnc(-c5cc6c(s5)-c5sc(-c7ncc(-c8ccc(-c9ccc(-c%10ccc(CCCCCC)s%10)s9)s8)c8nsnc78)cc5[Si]6(CC(CC)CCCC)CC(CC)CCCC)c5nsnc45)s3)s2)s1. The lowest BCUT2D eigenvalue weighted by molar-refractivity contribution is 0.469. The number of aryl methyl sites for hydroxylation is 2. The summed E-state index contributed by atoms with van der Waals surface area (Å²) in [6.07, 6.45) is 27.0. The van der Waals surface area contributed by atoms with E-state index < -0.39 is 8.07 Å². The second-order valence-corrected chi connectivity index (χ2v) is 37.7. The summed E-state index contributed by atoms with van der Waals surface area (Å²) in [4.78, 5) is 32.2. The topological polar surface area (TPSA) is 77.3 Å². The van der Waals surface area contributed by atoms with Crippen molar-refractivity contribution in [2.75, 3.05) is 0 Å². The van der Waals surface area contributed by atoms with Gasteiger partial charge < -0.3 is 0 Å². The number of aromatic nitrogens is 6. The molecule has 12 aromatic heterocycles. The second kappa shape index (κ2) is 28.1. The number of rotatable bonds is 30. The van der Waals surface area contributed by atoms with E-state index in [0.717, 1.165) is 44.6 Å². The van der Waals surface area contributed by atoms with Crippen molar-refractivity contribution in [1.82, 2.24) is 27.5 Å². The lowest BCUT2D eigenvalue weighted by atomic mass is 10.0. The molecule has 12 aromatic rings. The van der Waals surface area contributed by atoms with Crippen molar-refractivity contribution >= 4 is 155 Å². The lowest BCUT2D eigenvalue weighted by Crippen LogP contribution is -2.56. The van der Waals surface area contributed by atoms with Gasteiger partial charge in [0.05, 0.1) is 33.2 Å². The molecule has 1 aliphatic rings. The van der Waals surface area contributed by atoms with Crippen LogP contribution < -0.4 is 10.4 Å². The van der Waals surface area contributed by atoms with Gasteiger partial charge in [0.15, 0.2) is 0 Å². The fourth-order valence-electron chi connectivity index (χ4n) is 13.0. The fourth-order valence-corrected chi connectivity index (χ4v) is 31.1. The molecule has 17 heteroatoms. The van der Waals surface area contributed by atoms with Crippen LogP contribution in [0.2, 0.25) is 12.1 Å². The van der Waals surface area contributed by atoms with Crippen molar-refractivity contribution in [2.24, 2.45) is 11.8 Å². The van der Waals surface area contributed by atoms with Gasteiger partial charge in [-0.05, 0) is 145 Å². The molecule has 0 saturated heterocycles. The van der Waals surface area contributed by atoms with Crippen LogP contribution in [-0.2, 0) is 12.8 Å². The minimum absolute atomic E-state index is 0.666. The van der Waals surface area contributed by atoms with E-state index in [1.54, 1.807) is 10.4 Å². The van der Waals surface area contributed by atoms with Gasteiger partial charge in [0.25, 0.3) is 0 Å². The molecule has 0 aromatic carbocycles. The Bertz CT molecular complexity index is 3970. The monoisotopic (exact) mass is 1350 g/mol. The number of hydrogen-bond acceptors (Lipinski definition) is 16. The van der Waals surface area contributed by atoms with Gasteiger partial charge in [-0.2, -0.15) is 17.5 Å². The van der Waals surface area contributed by atoms with E-state index >= 15 is 0 Å². The van der Waals surface area contributed by atoms with E-state index in [1.165, 1.54) is 229 Å². The number of nitrogens with zero attached hydrogens (tertiary/aromatic N) is 6. The van der Waals surface area contributed by atoms with E-state index in [9.17, 15) is 0 Å². The summed E-state index contributed by atoms with van der Waals surface area (Å²) in [5.41, 5.74) is 7.80. The highest BCUT2D eigenvalue weighted by Gasteiger charge is 2.50. The first-order chi connectivity index (χ1) is 42.8. The Morgan fingerprint density at radius 2 is 0.713 bits per heavy atom. The highest BCUT2D eigenvalue weighted by atomic mass is 32.1. The van der Waals surface area contributed by atoms with Crippen molar-refractivity contribution in [3.63, 3.8) is 0 Å². The number of unbranched alkanes of at least 4 members (excludes halogenated alkanes) is 8. The quantitative estimate of drug-likeness (QED) is 0.0330. The molecule has 87 heavy (non-hydrogen) atoms. The zero-order valence-corrected chi connectivity index (χ0v) is 60.0. The molecule has 0 bridgehead atoms. The van der Waals surface area contributed by atoms with Crippen molar-refractivity contribution in [3.05, 3.63) is 107 Å². The average Bonchev–Trinajstić information content (AvgIpc) is 1.58.